The molecule has 0 spiro atoms. The van der Waals surface area contributed by atoms with Crippen molar-refractivity contribution in [3.63, 3.8) is 0 Å². The number of amides is 2. The Morgan fingerprint density at radius 1 is 1.03 bits per heavy atom. The quantitative estimate of drug-likeness (QED) is 0.358. The monoisotopic (exact) mass is 431 g/mol. The third-order valence-electron chi connectivity index (χ3n) is 6.39. The molecule has 1 saturated carbocycles. The molecule has 0 aromatic heterocycles. The lowest BCUT2D eigenvalue weighted by Gasteiger charge is -2.28. The predicted octanol–water partition coefficient (Wildman–Crippen LogP) is 3.66. The Balaban J connectivity index is 1.88. The molecule has 1 aromatic carbocycles. The molecule has 1 aliphatic rings. The van der Waals surface area contributed by atoms with Crippen molar-refractivity contribution in [1.29, 1.82) is 0 Å². The number of carbonyl (C=O) groups excluding carboxylic acids is 2. The Bertz CT molecular complexity index is 654. The van der Waals surface area contributed by atoms with Crippen molar-refractivity contribution in [3.05, 3.63) is 29.8 Å². The number of unbranched alkanes of at least 4 members (excludes halogenated alkanes) is 5. The Morgan fingerprint density at radius 2 is 1.68 bits per heavy atom. The summed E-state index contributed by atoms with van der Waals surface area (Å²) in [7, 11) is 0. The van der Waals surface area contributed by atoms with Gasteiger partial charge in [0.1, 0.15) is 11.8 Å². The minimum atomic E-state index is -0.607. The molecule has 0 aliphatic heterocycles. The van der Waals surface area contributed by atoms with Crippen LogP contribution in [0.2, 0.25) is 0 Å². The fourth-order valence-corrected chi connectivity index (χ4v) is 4.27. The lowest BCUT2D eigenvalue weighted by Crippen LogP contribution is -2.50. The molecule has 174 valence electrons. The van der Waals surface area contributed by atoms with Gasteiger partial charge in [0.25, 0.3) is 0 Å². The normalized spacial score (nSPS) is 19.5. The fraction of sp³-hybridized carbons (Fsp3) is 0.680. The maximum Gasteiger partial charge on any atom is 0.242 e. The lowest BCUT2D eigenvalue weighted by molar-refractivity contribution is -0.131. The minimum absolute atomic E-state index is 0.0334. The SMILES string of the molecule is CCCCCCCCNC(=O)[C@H](Cc1ccc(O)cc1)NC(=O)C1CCC(CN)CC1. The van der Waals surface area contributed by atoms with Crippen molar-refractivity contribution in [3.8, 4) is 5.75 Å². The summed E-state index contributed by atoms with van der Waals surface area (Å²) in [6.45, 7) is 3.51. The van der Waals surface area contributed by atoms with Gasteiger partial charge in [0, 0.05) is 18.9 Å². The van der Waals surface area contributed by atoms with E-state index in [1.807, 2.05) is 0 Å². The van der Waals surface area contributed by atoms with Gasteiger partial charge >= 0.3 is 0 Å². The van der Waals surface area contributed by atoms with E-state index in [1.165, 1.54) is 25.7 Å². The first-order chi connectivity index (χ1) is 15.0. The van der Waals surface area contributed by atoms with Gasteiger partial charge in [-0.3, -0.25) is 9.59 Å². The van der Waals surface area contributed by atoms with Gasteiger partial charge in [0.05, 0.1) is 0 Å². The average Bonchev–Trinajstić information content (AvgIpc) is 2.79. The molecule has 0 unspecified atom stereocenters. The van der Waals surface area contributed by atoms with Gasteiger partial charge in [0.15, 0.2) is 0 Å². The number of nitrogens with two attached hydrogens (primary N) is 1. The highest BCUT2D eigenvalue weighted by atomic mass is 16.3. The van der Waals surface area contributed by atoms with Crippen LogP contribution in [0.4, 0.5) is 0 Å². The van der Waals surface area contributed by atoms with Crippen LogP contribution in [0.1, 0.15) is 76.7 Å². The Kier molecular flexibility index (Phi) is 11.4. The fourth-order valence-electron chi connectivity index (χ4n) is 4.27. The van der Waals surface area contributed by atoms with E-state index < -0.39 is 6.04 Å². The number of hydrogen-bond donors (Lipinski definition) is 4. The number of benzene rings is 1. The first-order valence-corrected chi connectivity index (χ1v) is 12.1. The molecule has 6 nitrogen and oxygen atoms in total. The highest BCUT2D eigenvalue weighted by Crippen LogP contribution is 2.28. The van der Waals surface area contributed by atoms with E-state index in [0.717, 1.165) is 44.1 Å². The van der Waals surface area contributed by atoms with Gasteiger partial charge < -0.3 is 21.5 Å². The summed E-state index contributed by atoms with van der Waals surface area (Å²) >= 11 is 0. The molecule has 0 saturated heterocycles. The number of nitrogens with one attached hydrogen (secondary N) is 2. The zero-order chi connectivity index (χ0) is 22.5. The molecule has 0 radical (unpaired) electrons. The second-order valence-electron chi connectivity index (χ2n) is 8.94. The van der Waals surface area contributed by atoms with E-state index >= 15 is 0 Å². The highest BCUT2D eigenvalue weighted by molar-refractivity contribution is 5.88. The first kappa shape index (κ1) is 25.2. The summed E-state index contributed by atoms with van der Waals surface area (Å²) in [5.74, 6) is 0.488. The molecule has 0 bridgehead atoms. The third kappa shape index (κ3) is 9.30. The van der Waals surface area contributed by atoms with Gasteiger partial charge in [0.2, 0.25) is 11.8 Å². The van der Waals surface area contributed by atoms with Crippen molar-refractivity contribution < 1.29 is 14.7 Å². The molecule has 1 aliphatic carbocycles. The number of rotatable bonds is 13. The maximum atomic E-state index is 12.9. The average molecular weight is 432 g/mol. The van der Waals surface area contributed by atoms with Crippen molar-refractivity contribution in [2.45, 2.75) is 83.6 Å². The zero-order valence-electron chi connectivity index (χ0n) is 19.1. The summed E-state index contributed by atoms with van der Waals surface area (Å²) in [6.07, 6.45) is 11.0. The summed E-state index contributed by atoms with van der Waals surface area (Å²) in [5.41, 5.74) is 6.67. The molecule has 6 heteroatoms. The molecular formula is C25H41N3O3. The minimum Gasteiger partial charge on any atom is -0.508 e. The van der Waals surface area contributed by atoms with E-state index in [1.54, 1.807) is 24.3 Å². The highest BCUT2D eigenvalue weighted by Gasteiger charge is 2.29. The second-order valence-corrected chi connectivity index (χ2v) is 8.94. The van der Waals surface area contributed by atoms with Crippen molar-refractivity contribution in [2.24, 2.45) is 17.6 Å². The molecule has 2 amide bonds. The van der Waals surface area contributed by atoms with Crippen molar-refractivity contribution in [2.75, 3.05) is 13.1 Å². The summed E-state index contributed by atoms with van der Waals surface area (Å²) in [4.78, 5) is 25.7. The lowest BCUT2D eigenvalue weighted by atomic mass is 9.81. The van der Waals surface area contributed by atoms with Gasteiger partial charge in [-0.2, -0.15) is 0 Å². The summed E-state index contributed by atoms with van der Waals surface area (Å²) in [5, 5.41) is 15.5. The van der Waals surface area contributed by atoms with Crippen LogP contribution in [0, 0.1) is 11.8 Å². The summed E-state index contributed by atoms with van der Waals surface area (Å²) < 4.78 is 0. The van der Waals surface area contributed by atoms with Crippen LogP contribution in [0.3, 0.4) is 0 Å². The van der Waals surface area contributed by atoms with Crippen LogP contribution >= 0.6 is 0 Å². The molecule has 1 aromatic rings. The molecule has 5 N–H and O–H groups in total. The van der Waals surface area contributed by atoms with Crippen LogP contribution in [0.25, 0.3) is 0 Å². The van der Waals surface area contributed by atoms with Gasteiger partial charge in [-0.25, -0.2) is 0 Å². The zero-order valence-corrected chi connectivity index (χ0v) is 19.1. The Labute approximate surface area is 187 Å². The van der Waals surface area contributed by atoms with Crippen LogP contribution in [0.15, 0.2) is 24.3 Å². The third-order valence-corrected chi connectivity index (χ3v) is 6.39. The molecule has 31 heavy (non-hydrogen) atoms. The largest absolute Gasteiger partial charge is 0.508 e. The van der Waals surface area contributed by atoms with Crippen LogP contribution < -0.4 is 16.4 Å². The number of carbonyl (C=O) groups is 2. The smallest absolute Gasteiger partial charge is 0.242 e. The van der Waals surface area contributed by atoms with E-state index in [4.69, 9.17) is 5.73 Å². The van der Waals surface area contributed by atoms with Crippen LogP contribution in [-0.4, -0.2) is 36.1 Å². The van der Waals surface area contributed by atoms with Gasteiger partial charge in [-0.05, 0) is 62.3 Å². The number of hydrogen-bond acceptors (Lipinski definition) is 4. The number of phenolic OH excluding ortho intramolecular Hbond substituents is 1. The molecule has 0 heterocycles. The van der Waals surface area contributed by atoms with E-state index in [-0.39, 0.29) is 23.5 Å². The topological polar surface area (TPSA) is 104 Å². The molecule has 1 atom stereocenters. The number of phenols is 1. The second kappa shape index (κ2) is 14.1. The number of aromatic hydroxyl groups is 1. The predicted molar refractivity (Wildman–Crippen MR) is 125 cm³/mol. The first-order valence-electron chi connectivity index (χ1n) is 12.1. The Morgan fingerprint density at radius 3 is 2.32 bits per heavy atom. The van der Waals surface area contributed by atoms with E-state index in [0.29, 0.717) is 25.4 Å². The summed E-state index contributed by atoms with van der Waals surface area (Å²) in [6, 6.07) is 6.20. The van der Waals surface area contributed by atoms with E-state index in [2.05, 4.69) is 17.6 Å². The van der Waals surface area contributed by atoms with Crippen molar-refractivity contribution in [1.82, 2.24) is 10.6 Å². The van der Waals surface area contributed by atoms with E-state index in [9.17, 15) is 14.7 Å². The molecular weight excluding hydrogens is 390 g/mol. The molecule has 1 fully saturated rings. The van der Waals surface area contributed by atoms with Gasteiger partial charge in [-0.1, -0.05) is 51.2 Å². The maximum absolute atomic E-state index is 12.9. The Hall–Kier alpha value is -2.08. The standard InChI is InChI=1S/C25H41N3O3/c1-2-3-4-5-6-7-16-27-25(31)23(17-19-10-14-22(29)15-11-19)28-24(30)21-12-8-20(18-26)9-13-21/h10-11,14-15,20-21,23,29H,2-9,12-13,16-18,26H2,1H3,(H,27,31)(H,28,30)/t20?,21?,23-/m0/s1. The van der Waals surface area contributed by atoms with Gasteiger partial charge in [-0.15, -0.1) is 0 Å². The van der Waals surface area contributed by atoms with Crippen LogP contribution in [0.5, 0.6) is 5.75 Å². The molecule has 2 rings (SSSR count). The van der Waals surface area contributed by atoms with Crippen molar-refractivity contribution >= 4 is 11.8 Å². The van der Waals surface area contributed by atoms with Crippen LogP contribution in [-0.2, 0) is 16.0 Å².